The number of nitrogens with one attached hydrogen (secondary N) is 1. The van der Waals surface area contributed by atoms with E-state index in [1.165, 1.54) is 37.7 Å². The van der Waals surface area contributed by atoms with Gasteiger partial charge in [-0.2, -0.15) is 0 Å². The maximum absolute atomic E-state index is 12.3. The summed E-state index contributed by atoms with van der Waals surface area (Å²) in [6, 6.07) is 8.54. The highest BCUT2D eigenvalue weighted by Crippen LogP contribution is 2.30. The normalized spacial score (nSPS) is 19.6. The molecule has 0 spiro atoms. The molecular weight excluding hydrogens is 324 g/mol. The van der Waals surface area contributed by atoms with Gasteiger partial charge in [-0.3, -0.25) is 4.79 Å². The van der Waals surface area contributed by atoms with Gasteiger partial charge in [-0.25, -0.2) is 4.98 Å². The molecular formula is C22H30N2O2. The summed E-state index contributed by atoms with van der Waals surface area (Å²) in [7, 11) is 0. The number of carbonyl (C=O) groups is 1. The average Bonchev–Trinajstić information content (AvgIpc) is 3.28. The maximum atomic E-state index is 12.3. The highest BCUT2D eigenvalue weighted by Gasteiger charge is 2.27. The molecule has 1 fully saturated rings. The van der Waals surface area contributed by atoms with E-state index in [1.54, 1.807) is 6.20 Å². The minimum absolute atomic E-state index is 0.119. The quantitative estimate of drug-likeness (QED) is 0.721. The molecule has 4 heteroatoms. The minimum Gasteiger partial charge on any atom is -0.441 e. The molecule has 1 N–H and O–H groups in total. The van der Waals surface area contributed by atoms with E-state index in [9.17, 15) is 4.79 Å². The molecule has 3 rings (SSSR count). The Labute approximate surface area is 156 Å². The van der Waals surface area contributed by atoms with Crippen molar-refractivity contribution in [2.75, 3.05) is 0 Å². The molecule has 1 aromatic heterocycles. The van der Waals surface area contributed by atoms with Crippen LogP contribution < -0.4 is 5.32 Å². The Kier molecular flexibility index (Phi) is 6.48. The zero-order valence-electron chi connectivity index (χ0n) is 16.0. The van der Waals surface area contributed by atoms with Crippen molar-refractivity contribution < 1.29 is 9.21 Å². The fourth-order valence-electron chi connectivity index (χ4n) is 3.82. The smallest absolute Gasteiger partial charge is 0.220 e. The van der Waals surface area contributed by atoms with Gasteiger partial charge >= 0.3 is 0 Å². The molecule has 2 atom stereocenters. The number of hydrogen-bond donors (Lipinski definition) is 1. The molecule has 4 nitrogen and oxygen atoms in total. The molecule has 2 aromatic rings. The van der Waals surface area contributed by atoms with Crippen LogP contribution in [0.2, 0.25) is 0 Å². The topological polar surface area (TPSA) is 55.1 Å². The summed E-state index contributed by atoms with van der Waals surface area (Å²) in [6.45, 7) is 4.29. The predicted octanol–water partition coefficient (Wildman–Crippen LogP) is 5.06. The van der Waals surface area contributed by atoms with Gasteiger partial charge in [0.15, 0.2) is 11.7 Å². The van der Waals surface area contributed by atoms with E-state index in [0.29, 0.717) is 30.7 Å². The van der Waals surface area contributed by atoms with Crippen LogP contribution in [0.3, 0.4) is 0 Å². The molecule has 0 aliphatic heterocycles. The molecule has 1 aliphatic rings. The Balaban J connectivity index is 1.48. The van der Waals surface area contributed by atoms with Crippen LogP contribution in [0.4, 0.5) is 0 Å². The van der Waals surface area contributed by atoms with Gasteiger partial charge < -0.3 is 9.73 Å². The zero-order valence-corrected chi connectivity index (χ0v) is 16.0. The first-order chi connectivity index (χ1) is 12.7. The van der Waals surface area contributed by atoms with Crippen LogP contribution in [-0.4, -0.2) is 16.9 Å². The first-order valence-electron chi connectivity index (χ1n) is 9.97. The molecule has 1 heterocycles. The van der Waals surface area contributed by atoms with Crippen LogP contribution in [0.15, 0.2) is 34.9 Å². The van der Waals surface area contributed by atoms with E-state index in [4.69, 9.17) is 4.42 Å². The number of rotatable bonds is 8. The first kappa shape index (κ1) is 18.7. The summed E-state index contributed by atoms with van der Waals surface area (Å²) in [5, 5.41) is 3.24. The summed E-state index contributed by atoms with van der Waals surface area (Å²) in [6.07, 6.45) is 10.1. The van der Waals surface area contributed by atoms with Crippen molar-refractivity contribution in [2.24, 2.45) is 5.92 Å². The lowest BCUT2D eigenvalue weighted by atomic mass is 9.96. The fraction of sp³-hybridized carbons (Fsp3) is 0.545. The Morgan fingerprint density at radius 3 is 2.85 bits per heavy atom. The Morgan fingerprint density at radius 1 is 1.27 bits per heavy atom. The van der Waals surface area contributed by atoms with E-state index >= 15 is 0 Å². The third-order valence-electron chi connectivity index (χ3n) is 5.39. The van der Waals surface area contributed by atoms with E-state index in [1.807, 2.05) is 12.1 Å². The van der Waals surface area contributed by atoms with Gasteiger partial charge in [-0.1, -0.05) is 56.0 Å². The maximum Gasteiger partial charge on any atom is 0.220 e. The van der Waals surface area contributed by atoms with Gasteiger partial charge in [0.2, 0.25) is 5.91 Å². The second-order valence-corrected chi connectivity index (χ2v) is 7.49. The van der Waals surface area contributed by atoms with Crippen LogP contribution in [0, 0.1) is 12.8 Å². The van der Waals surface area contributed by atoms with Gasteiger partial charge in [0.05, 0.1) is 6.20 Å². The number of aromatic nitrogens is 1. The van der Waals surface area contributed by atoms with Crippen molar-refractivity contribution >= 4 is 5.91 Å². The average molecular weight is 354 g/mol. The SMILES string of the molecule is CCCCC1CCCC1NC(=O)CCc1ncc(-c2ccc(C)cc2)o1. The van der Waals surface area contributed by atoms with E-state index in [2.05, 4.69) is 36.3 Å². The molecule has 0 radical (unpaired) electrons. The van der Waals surface area contributed by atoms with Crippen molar-refractivity contribution in [3.05, 3.63) is 41.9 Å². The van der Waals surface area contributed by atoms with Crippen LogP contribution >= 0.6 is 0 Å². The molecule has 2 unspecified atom stereocenters. The van der Waals surface area contributed by atoms with Gasteiger partial charge in [0.1, 0.15) is 0 Å². The van der Waals surface area contributed by atoms with Crippen molar-refractivity contribution in [1.82, 2.24) is 10.3 Å². The van der Waals surface area contributed by atoms with Crippen LogP contribution in [0.5, 0.6) is 0 Å². The Hall–Kier alpha value is -2.10. The van der Waals surface area contributed by atoms with Crippen molar-refractivity contribution in [2.45, 2.75) is 71.3 Å². The van der Waals surface area contributed by atoms with Crippen molar-refractivity contribution in [1.29, 1.82) is 0 Å². The van der Waals surface area contributed by atoms with E-state index < -0.39 is 0 Å². The van der Waals surface area contributed by atoms with Crippen molar-refractivity contribution in [3.63, 3.8) is 0 Å². The molecule has 140 valence electrons. The lowest BCUT2D eigenvalue weighted by Crippen LogP contribution is -2.37. The first-order valence-corrected chi connectivity index (χ1v) is 9.97. The van der Waals surface area contributed by atoms with Gasteiger partial charge in [0.25, 0.3) is 0 Å². The Bertz CT molecular complexity index is 705. The molecule has 1 aliphatic carbocycles. The highest BCUT2D eigenvalue weighted by molar-refractivity contribution is 5.76. The third kappa shape index (κ3) is 4.96. The van der Waals surface area contributed by atoms with Crippen molar-refractivity contribution in [3.8, 4) is 11.3 Å². The lowest BCUT2D eigenvalue weighted by molar-refractivity contribution is -0.122. The second kappa shape index (κ2) is 9.02. The van der Waals surface area contributed by atoms with E-state index in [-0.39, 0.29) is 5.91 Å². The zero-order chi connectivity index (χ0) is 18.4. The van der Waals surface area contributed by atoms with Crippen LogP contribution in [0.25, 0.3) is 11.3 Å². The number of oxazole rings is 1. The van der Waals surface area contributed by atoms with E-state index in [0.717, 1.165) is 17.7 Å². The largest absolute Gasteiger partial charge is 0.441 e. The number of hydrogen-bond acceptors (Lipinski definition) is 3. The standard InChI is InChI=1S/C22H30N2O2/c1-3-4-6-17-7-5-8-19(17)24-21(25)13-14-22-23-15-20(26-22)18-11-9-16(2)10-12-18/h9-12,15,17,19H,3-8,13-14H2,1-2H3,(H,24,25). The van der Waals surface area contributed by atoms with Crippen LogP contribution in [0.1, 0.15) is 63.3 Å². The van der Waals surface area contributed by atoms with Gasteiger partial charge in [-0.15, -0.1) is 0 Å². The predicted molar refractivity (Wildman–Crippen MR) is 104 cm³/mol. The highest BCUT2D eigenvalue weighted by atomic mass is 16.4. The number of amides is 1. The molecule has 0 bridgehead atoms. The Morgan fingerprint density at radius 2 is 2.08 bits per heavy atom. The summed E-state index contributed by atoms with van der Waals surface area (Å²) < 4.78 is 5.81. The summed E-state index contributed by atoms with van der Waals surface area (Å²) >= 11 is 0. The monoisotopic (exact) mass is 354 g/mol. The lowest BCUT2D eigenvalue weighted by Gasteiger charge is -2.20. The second-order valence-electron chi connectivity index (χ2n) is 7.49. The molecule has 1 aromatic carbocycles. The summed E-state index contributed by atoms with van der Waals surface area (Å²) in [5.41, 5.74) is 2.23. The number of carbonyl (C=O) groups excluding carboxylic acids is 1. The third-order valence-corrected chi connectivity index (χ3v) is 5.39. The molecule has 1 amide bonds. The van der Waals surface area contributed by atoms with Crippen LogP contribution in [-0.2, 0) is 11.2 Å². The number of aryl methyl sites for hydroxylation is 2. The molecule has 0 saturated heterocycles. The van der Waals surface area contributed by atoms with Gasteiger partial charge in [0, 0.05) is 24.4 Å². The summed E-state index contributed by atoms with van der Waals surface area (Å²) in [4.78, 5) is 16.7. The number of benzene rings is 1. The summed E-state index contributed by atoms with van der Waals surface area (Å²) in [5.74, 6) is 2.17. The van der Waals surface area contributed by atoms with Gasteiger partial charge in [-0.05, 0) is 32.1 Å². The number of nitrogens with zero attached hydrogens (tertiary/aromatic N) is 1. The molecule has 26 heavy (non-hydrogen) atoms. The fourth-order valence-corrected chi connectivity index (χ4v) is 3.82. The minimum atomic E-state index is 0.119. The molecule has 1 saturated carbocycles. The number of unbranched alkanes of at least 4 members (excludes halogenated alkanes) is 1.